The zero-order chi connectivity index (χ0) is 11.5. The van der Waals surface area contributed by atoms with Gasteiger partial charge in [-0.15, -0.1) is 0 Å². The zero-order valence-corrected chi connectivity index (χ0v) is 11.5. The van der Waals surface area contributed by atoms with Crippen molar-refractivity contribution in [1.29, 1.82) is 0 Å². The van der Waals surface area contributed by atoms with Gasteiger partial charge in [0.15, 0.2) is 0 Å². The molecule has 1 aromatic heterocycles. The summed E-state index contributed by atoms with van der Waals surface area (Å²) >= 11 is 3.43. The minimum Gasteiger partial charge on any atom is -0.356 e. The minimum atomic E-state index is 0.835. The SMILES string of the molecule is CCC1CCN(c2cc(Br)nc(C)n2)CC1. The van der Waals surface area contributed by atoms with Crippen LogP contribution in [0.15, 0.2) is 10.7 Å². The lowest BCUT2D eigenvalue weighted by atomic mass is 9.94. The Balaban J connectivity index is 2.08. The number of rotatable bonds is 2. The molecular weight excluding hydrogens is 266 g/mol. The predicted octanol–water partition coefficient (Wildman–Crippen LogP) is 3.17. The quantitative estimate of drug-likeness (QED) is 0.781. The van der Waals surface area contributed by atoms with Crippen LogP contribution in [0.2, 0.25) is 0 Å². The first-order valence-electron chi connectivity index (χ1n) is 5.95. The van der Waals surface area contributed by atoms with E-state index in [2.05, 4.69) is 37.7 Å². The molecular formula is C12H18BrN3. The summed E-state index contributed by atoms with van der Waals surface area (Å²) in [6.07, 6.45) is 3.88. The van der Waals surface area contributed by atoms with E-state index in [1.165, 1.54) is 19.3 Å². The Morgan fingerprint density at radius 3 is 2.62 bits per heavy atom. The lowest BCUT2D eigenvalue weighted by Crippen LogP contribution is -2.34. The highest BCUT2D eigenvalue weighted by atomic mass is 79.9. The van der Waals surface area contributed by atoms with Crippen molar-refractivity contribution < 1.29 is 0 Å². The molecule has 0 atom stereocenters. The van der Waals surface area contributed by atoms with Crippen LogP contribution in [0, 0.1) is 12.8 Å². The van der Waals surface area contributed by atoms with Gasteiger partial charge < -0.3 is 4.90 Å². The number of aromatic nitrogens is 2. The summed E-state index contributed by atoms with van der Waals surface area (Å²) in [7, 11) is 0. The lowest BCUT2D eigenvalue weighted by Gasteiger charge is -2.32. The molecule has 0 aliphatic carbocycles. The molecule has 0 unspecified atom stereocenters. The molecule has 0 bridgehead atoms. The molecule has 1 fully saturated rings. The first kappa shape index (κ1) is 11.8. The normalized spacial score (nSPS) is 17.8. The van der Waals surface area contributed by atoms with E-state index >= 15 is 0 Å². The van der Waals surface area contributed by atoms with Crippen LogP contribution in [0.4, 0.5) is 5.82 Å². The van der Waals surface area contributed by atoms with Crippen molar-refractivity contribution in [3.05, 3.63) is 16.5 Å². The Morgan fingerprint density at radius 2 is 2.06 bits per heavy atom. The van der Waals surface area contributed by atoms with Gasteiger partial charge >= 0.3 is 0 Å². The van der Waals surface area contributed by atoms with Gasteiger partial charge in [0, 0.05) is 19.2 Å². The standard InChI is InChI=1S/C12H18BrN3/c1-3-10-4-6-16(7-5-10)12-8-11(13)14-9(2)15-12/h8,10H,3-7H2,1-2H3. The largest absolute Gasteiger partial charge is 0.356 e. The van der Waals surface area contributed by atoms with Crippen LogP contribution in [-0.4, -0.2) is 23.1 Å². The fourth-order valence-corrected chi connectivity index (χ4v) is 2.71. The molecule has 1 aliphatic heterocycles. The van der Waals surface area contributed by atoms with Crippen LogP contribution in [0.3, 0.4) is 0 Å². The van der Waals surface area contributed by atoms with E-state index in [4.69, 9.17) is 0 Å². The van der Waals surface area contributed by atoms with Gasteiger partial charge in [-0.25, -0.2) is 9.97 Å². The van der Waals surface area contributed by atoms with Crippen molar-refractivity contribution in [3.8, 4) is 0 Å². The van der Waals surface area contributed by atoms with E-state index in [-0.39, 0.29) is 0 Å². The Hall–Kier alpha value is -0.640. The lowest BCUT2D eigenvalue weighted by molar-refractivity contribution is 0.393. The van der Waals surface area contributed by atoms with Gasteiger partial charge in [0.2, 0.25) is 0 Å². The minimum absolute atomic E-state index is 0.835. The van der Waals surface area contributed by atoms with E-state index in [1.807, 2.05) is 13.0 Å². The van der Waals surface area contributed by atoms with Crippen molar-refractivity contribution in [2.75, 3.05) is 18.0 Å². The second kappa shape index (κ2) is 5.13. The summed E-state index contributed by atoms with van der Waals surface area (Å²) < 4.78 is 0.882. The molecule has 2 heterocycles. The van der Waals surface area contributed by atoms with Gasteiger partial charge in [-0.05, 0) is 41.6 Å². The van der Waals surface area contributed by atoms with Crippen molar-refractivity contribution in [3.63, 3.8) is 0 Å². The molecule has 2 rings (SSSR count). The van der Waals surface area contributed by atoms with Gasteiger partial charge in [0.25, 0.3) is 0 Å². The third-order valence-electron chi connectivity index (χ3n) is 3.31. The van der Waals surface area contributed by atoms with Crippen molar-refractivity contribution in [2.45, 2.75) is 33.1 Å². The Bertz CT molecular complexity index is 339. The summed E-state index contributed by atoms with van der Waals surface area (Å²) in [5.41, 5.74) is 0. The first-order chi connectivity index (χ1) is 7.69. The summed E-state index contributed by atoms with van der Waals surface area (Å²) in [6, 6.07) is 2.01. The first-order valence-corrected chi connectivity index (χ1v) is 6.74. The van der Waals surface area contributed by atoms with Crippen LogP contribution in [-0.2, 0) is 0 Å². The van der Waals surface area contributed by atoms with E-state index in [9.17, 15) is 0 Å². The molecule has 4 heteroatoms. The number of aryl methyl sites for hydroxylation is 1. The highest BCUT2D eigenvalue weighted by molar-refractivity contribution is 9.10. The van der Waals surface area contributed by atoms with Crippen molar-refractivity contribution in [1.82, 2.24) is 9.97 Å². The molecule has 0 spiro atoms. The monoisotopic (exact) mass is 283 g/mol. The van der Waals surface area contributed by atoms with Gasteiger partial charge in [-0.3, -0.25) is 0 Å². The number of hydrogen-bond donors (Lipinski definition) is 0. The zero-order valence-electron chi connectivity index (χ0n) is 9.91. The third-order valence-corrected chi connectivity index (χ3v) is 3.72. The molecule has 16 heavy (non-hydrogen) atoms. The second-order valence-corrected chi connectivity index (χ2v) is 5.25. The highest BCUT2D eigenvalue weighted by Crippen LogP contribution is 2.24. The Kier molecular flexibility index (Phi) is 3.79. The fraction of sp³-hybridized carbons (Fsp3) is 0.667. The number of hydrogen-bond acceptors (Lipinski definition) is 3. The summed E-state index contributed by atoms with van der Waals surface area (Å²) in [6.45, 7) is 6.47. The van der Waals surface area contributed by atoms with Crippen LogP contribution in [0.5, 0.6) is 0 Å². The molecule has 1 saturated heterocycles. The van der Waals surface area contributed by atoms with E-state index in [0.717, 1.165) is 35.3 Å². The molecule has 0 radical (unpaired) electrons. The van der Waals surface area contributed by atoms with E-state index in [0.29, 0.717) is 0 Å². The number of anilines is 1. The maximum absolute atomic E-state index is 4.49. The van der Waals surface area contributed by atoms with Crippen LogP contribution >= 0.6 is 15.9 Å². The predicted molar refractivity (Wildman–Crippen MR) is 69.7 cm³/mol. The Morgan fingerprint density at radius 1 is 1.38 bits per heavy atom. The average Bonchev–Trinajstić information content (AvgIpc) is 2.28. The average molecular weight is 284 g/mol. The smallest absolute Gasteiger partial charge is 0.133 e. The Labute approximate surface area is 105 Å². The number of halogens is 1. The molecule has 0 N–H and O–H groups in total. The molecule has 88 valence electrons. The molecule has 1 aliphatic rings. The second-order valence-electron chi connectivity index (χ2n) is 4.43. The summed E-state index contributed by atoms with van der Waals surface area (Å²) in [4.78, 5) is 11.1. The van der Waals surface area contributed by atoms with Gasteiger partial charge in [0.05, 0.1) is 0 Å². The van der Waals surface area contributed by atoms with Gasteiger partial charge in [0.1, 0.15) is 16.2 Å². The fourth-order valence-electron chi connectivity index (χ4n) is 2.25. The molecule has 0 aromatic carbocycles. The van der Waals surface area contributed by atoms with Crippen molar-refractivity contribution in [2.24, 2.45) is 5.92 Å². The van der Waals surface area contributed by atoms with Crippen LogP contribution in [0.25, 0.3) is 0 Å². The molecule has 1 aromatic rings. The van der Waals surface area contributed by atoms with Crippen LogP contribution in [0.1, 0.15) is 32.0 Å². The topological polar surface area (TPSA) is 29.0 Å². The molecule has 0 saturated carbocycles. The van der Waals surface area contributed by atoms with Crippen molar-refractivity contribution >= 4 is 21.7 Å². The van der Waals surface area contributed by atoms with Crippen LogP contribution < -0.4 is 4.90 Å². The van der Waals surface area contributed by atoms with Gasteiger partial charge in [-0.2, -0.15) is 0 Å². The highest BCUT2D eigenvalue weighted by Gasteiger charge is 2.19. The molecule has 0 amide bonds. The number of piperidine rings is 1. The third kappa shape index (κ3) is 2.73. The van der Waals surface area contributed by atoms with E-state index in [1.54, 1.807) is 0 Å². The van der Waals surface area contributed by atoms with Gasteiger partial charge in [-0.1, -0.05) is 13.3 Å². The summed E-state index contributed by atoms with van der Waals surface area (Å²) in [5, 5.41) is 0. The number of nitrogens with zero attached hydrogens (tertiary/aromatic N) is 3. The summed E-state index contributed by atoms with van der Waals surface area (Å²) in [5.74, 6) is 2.80. The van der Waals surface area contributed by atoms with E-state index < -0.39 is 0 Å². The maximum atomic E-state index is 4.49. The molecule has 3 nitrogen and oxygen atoms in total. The maximum Gasteiger partial charge on any atom is 0.133 e.